The molecule has 0 fully saturated rings. The number of rotatable bonds is 4. The lowest BCUT2D eigenvalue weighted by Gasteiger charge is -2.11. The number of nitrogens with two attached hydrogens (primary N) is 1. The van der Waals surface area contributed by atoms with Crippen LogP contribution in [0, 0.1) is 5.82 Å². The van der Waals surface area contributed by atoms with Gasteiger partial charge in [-0.1, -0.05) is 37.3 Å². The molecular weight excluding hydrogens is 287 g/mol. The first kappa shape index (κ1) is 15.1. The van der Waals surface area contributed by atoms with Crippen molar-refractivity contribution in [3.05, 3.63) is 65.0 Å². The van der Waals surface area contributed by atoms with Crippen LogP contribution in [0.25, 0.3) is 0 Å². The van der Waals surface area contributed by atoms with E-state index in [1.165, 1.54) is 12.1 Å². The highest BCUT2D eigenvalue weighted by Crippen LogP contribution is 2.20. The van der Waals surface area contributed by atoms with Gasteiger partial charge in [-0.3, -0.25) is 4.79 Å². The van der Waals surface area contributed by atoms with E-state index in [0.717, 1.165) is 12.0 Å². The lowest BCUT2D eigenvalue weighted by atomic mass is 10.1. The molecule has 108 valence electrons. The van der Waals surface area contributed by atoms with Crippen LogP contribution < -0.4 is 11.1 Å². The maximum Gasteiger partial charge on any atom is 0.255 e. The van der Waals surface area contributed by atoms with Gasteiger partial charge in [0.25, 0.3) is 5.91 Å². The first-order valence-corrected chi connectivity index (χ1v) is 6.92. The van der Waals surface area contributed by atoms with Gasteiger partial charge in [0.2, 0.25) is 0 Å². The zero-order chi connectivity index (χ0) is 15.4. The normalized spacial score (nSPS) is 10.2. The number of thiocarbonyl (C=S) groups is 1. The summed E-state index contributed by atoms with van der Waals surface area (Å²) >= 11 is 4.83. The minimum absolute atomic E-state index is 0.0472. The summed E-state index contributed by atoms with van der Waals surface area (Å²) in [7, 11) is 0. The highest BCUT2D eigenvalue weighted by atomic mass is 32.1. The number of halogens is 1. The van der Waals surface area contributed by atoms with Crippen molar-refractivity contribution in [2.24, 2.45) is 5.73 Å². The van der Waals surface area contributed by atoms with Gasteiger partial charge in [-0.2, -0.15) is 0 Å². The van der Waals surface area contributed by atoms with Crippen LogP contribution in [0.2, 0.25) is 0 Å². The third kappa shape index (κ3) is 3.44. The topological polar surface area (TPSA) is 55.1 Å². The quantitative estimate of drug-likeness (QED) is 0.852. The molecule has 3 nitrogen and oxygen atoms in total. The van der Waals surface area contributed by atoms with Crippen LogP contribution in [0.4, 0.5) is 10.1 Å². The first-order chi connectivity index (χ1) is 10.0. The van der Waals surface area contributed by atoms with E-state index in [9.17, 15) is 9.18 Å². The number of hydrogen-bond acceptors (Lipinski definition) is 2. The molecule has 0 aliphatic heterocycles. The van der Waals surface area contributed by atoms with E-state index in [4.69, 9.17) is 18.0 Å². The number of amides is 1. The second-order valence-electron chi connectivity index (χ2n) is 4.53. The molecule has 0 aliphatic carbocycles. The van der Waals surface area contributed by atoms with Crippen LogP contribution in [0.5, 0.6) is 0 Å². The minimum Gasteiger partial charge on any atom is -0.389 e. The molecule has 2 aromatic rings. The number of benzene rings is 2. The molecular formula is C16H15FN2OS. The van der Waals surface area contributed by atoms with E-state index in [2.05, 4.69) is 5.32 Å². The number of aryl methyl sites for hydroxylation is 1. The van der Waals surface area contributed by atoms with Crippen molar-refractivity contribution in [2.45, 2.75) is 13.3 Å². The number of carbonyl (C=O) groups is 1. The number of carbonyl (C=O) groups excluding carboxylic acids is 1. The molecule has 0 aromatic heterocycles. The fourth-order valence-corrected chi connectivity index (χ4v) is 2.17. The Morgan fingerprint density at radius 2 is 1.90 bits per heavy atom. The molecule has 0 bridgehead atoms. The third-order valence-electron chi connectivity index (χ3n) is 3.13. The predicted octanol–water partition coefficient (Wildman–Crippen LogP) is 3.27. The Balaban J connectivity index is 2.27. The van der Waals surface area contributed by atoms with Crippen molar-refractivity contribution in [2.75, 3.05) is 5.32 Å². The minimum atomic E-state index is -0.554. The molecule has 0 saturated carbocycles. The van der Waals surface area contributed by atoms with Crippen LogP contribution >= 0.6 is 12.2 Å². The van der Waals surface area contributed by atoms with Gasteiger partial charge >= 0.3 is 0 Å². The maximum absolute atomic E-state index is 13.7. The fourth-order valence-electron chi connectivity index (χ4n) is 1.97. The van der Waals surface area contributed by atoms with Crippen molar-refractivity contribution >= 4 is 28.8 Å². The third-order valence-corrected chi connectivity index (χ3v) is 3.34. The standard InChI is InChI=1S/C16H15FN2OS/c1-2-10-6-8-11(9-7-10)16(20)19-13-5-3-4-12(17)14(13)15(18)21/h3-9H,2H2,1H3,(H2,18,21)(H,19,20). The lowest BCUT2D eigenvalue weighted by molar-refractivity contribution is 0.102. The molecule has 3 N–H and O–H groups in total. The summed E-state index contributed by atoms with van der Waals surface area (Å²) in [5.41, 5.74) is 7.46. The number of anilines is 1. The molecule has 0 saturated heterocycles. The molecule has 0 aliphatic rings. The Morgan fingerprint density at radius 1 is 1.24 bits per heavy atom. The van der Waals surface area contributed by atoms with Gasteiger partial charge in [-0.15, -0.1) is 0 Å². The fraction of sp³-hybridized carbons (Fsp3) is 0.125. The van der Waals surface area contributed by atoms with E-state index < -0.39 is 5.82 Å². The van der Waals surface area contributed by atoms with E-state index in [0.29, 0.717) is 5.56 Å². The van der Waals surface area contributed by atoms with Gasteiger partial charge < -0.3 is 11.1 Å². The van der Waals surface area contributed by atoms with Gasteiger partial charge in [0, 0.05) is 5.56 Å². The summed E-state index contributed by atoms with van der Waals surface area (Å²) in [6.07, 6.45) is 0.900. The molecule has 0 atom stereocenters. The largest absolute Gasteiger partial charge is 0.389 e. The second kappa shape index (κ2) is 6.45. The average Bonchev–Trinajstić information content (AvgIpc) is 2.47. The Hall–Kier alpha value is -2.27. The maximum atomic E-state index is 13.7. The van der Waals surface area contributed by atoms with Crippen LogP contribution in [0.15, 0.2) is 42.5 Å². The Morgan fingerprint density at radius 3 is 2.48 bits per heavy atom. The zero-order valence-electron chi connectivity index (χ0n) is 11.5. The summed E-state index contributed by atoms with van der Waals surface area (Å²) in [6.45, 7) is 2.04. The highest BCUT2D eigenvalue weighted by molar-refractivity contribution is 7.80. The van der Waals surface area contributed by atoms with Crippen molar-refractivity contribution in [1.29, 1.82) is 0 Å². The second-order valence-corrected chi connectivity index (χ2v) is 4.97. The Kier molecular flexibility index (Phi) is 4.65. The molecule has 0 unspecified atom stereocenters. The van der Waals surface area contributed by atoms with Gasteiger partial charge in [-0.25, -0.2) is 4.39 Å². The molecule has 0 spiro atoms. The van der Waals surface area contributed by atoms with Crippen LogP contribution in [0.3, 0.4) is 0 Å². The zero-order valence-corrected chi connectivity index (χ0v) is 12.3. The number of nitrogens with one attached hydrogen (secondary N) is 1. The van der Waals surface area contributed by atoms with Crippen LogP contribution in [-0.2, 0) is 6.42 Å². The number of hydrogen-bond donors (Lipinski definition) is 2. The Bertz CT molecular complexity index is 683. The molecule has 21 heavy (non-hydrogen) atoms. The Labute approximate surface area is 128 Å². The summed E-state index contributed by atoms with van der Waals surface area (Å²) in [5.74, 6) is -0.887. The van der Waals surface area contributed by atoms with E-state index in [1.54, 1.807) is 18.2 Å². The van der Waals surface area contributed by atoms with Crippen molar-refractivity contribution in [3.63, 3.8) is 0 Å². The van der Waals surface area contributed by atoms with Crippen LogP contribution in [0.1, 0.15) is 28.4 Å². The van der Waals surface area contributed by atoms with E-state index in [-0.39, 0.29) is 22.1 Å². The summed E-state index contributed by atoms with van der Waals surface area (Å²) in [5, 5.41) is 2.64. The molecule has 0 radical (unpaired) electrons. The molecule has 0 heterocycles. The molecule has 2 aromatic carbocycles. The van der Waals surface area contributed by atoms with Gasteiger partial charge in [0.15, 0.2) is 0 Å². The molecule has 5 heteroatoms. The average molecular weight is 302 g/mol. The van der Waals surface area contributed by atoms with Gasteiger partial charge in [-0.05, 0) is 36.2 Å². The first-order valence-electron chi connectivity index (χ1n) is 6.51. The summed E-state index contributed by atoms with van der Waals surface area (Å²) < 4.78 is 13.7. The van der Waals surface area contributed by atoms with Gasteiger partial charge in [0.1, 0.15) is 10.8 Å². The molecule has 2 rings (SSSR count). The van der Waals surface area contributed by atoms with E-state index in [1.807, 2.05) is 19.1 Å². The van der Waals surface area contributed by atoms with Gasteiger partial charge in [0.05, 0.1) is 11.3 Å². The van der Waals surface area contributed by atoms with Crippen molar-refractivity contribution in [1.82, 2.24) is 0 Å². The van der Waals surface area contributed by atoms with Crippen molar-refractivity contribution < 1.29 is 9.18 Å². The summed E-state index contributed by atoms with van der Waals surface area (Å²) in [4.78, 5) is 12.1. The molecule has 1 amide bonds. The highest BCUT2D eigenvalue weighted by Gasteiger charge is 2.14. The monoisotopic (exact) mass is 302 g/mol. The van der Waals surface area contributed by atoms with Crippen LogP contribution in [-0.4, -0.2) is 10.9 Å². The smallest absolute Gasteiger partial charge is 0.255 e. The van der Waals surface area contributed by atoms with E-state index >= 15 is 0 Å². The van der Waals surface area contributed by atoms with Crippen molar-refractivity contribution in [3.8, 4) is 0 Å². The SMILES string of the molecule is CCc1ccc(C(=O)Nc2cccc(F)c2C(N)=S)cc1. The predicted molar refractivity (Wildman–Crippen MR) is 86.1 cm³/mol. The lowest BCUT2D eigenvalue weighted by Crippen LogP contribution is -2.19. The summed E-state index contributed by atoms with van der Waals surface area (Å²) in [6, 6.07) is 11.5.